The second kappa shape index (κ2) is 15.2. The molecular formula is C38H45N5O5. The fourth-order valence-electron chi connectivity index (χ4n) is 6.79. The second-order valence-electron chi connectivity index (χ2n) is 12.8. The number of oxazole rings is 1. The molecule has 10 nitrogen and oxygen atoms in total. The molecule has 1 atom stereocenters. The van der Waals surface area contributed by atoms with Crippen LogP contribution in [0.4, 0.5) is 5.69 Å². The summed E-state index contributed by atoms with van der Waals surface area (Å²) in [6.45, 7) is 8.71. The van der Waals surface area contributed by atoms with Crippen molar-refractivity contribution in [1.29, 1.82) is 0 Å². The fraction of sp³-hybridized carbons (Fsp3) is 0.447. The number of para-hydroxylation sites is 2. The lowest BCUT2D eigenvalue weighted by Crippen LogP contribution is -2.46. The van der Waals surface area contributed by atoms with Gasteiger partial charge < -0.3 is 33.3 Å². The molecule has 0 N–H and O–H groups in total. The number of rotatable bonds is 14. The lowest BCUT2D eigenvalue weighted by Gasteiger charge is -2.34. The smallest absolute Gasteiger partial charge is 0.256 e. The van der Waals surface area contributed by atoms with Crippen molar-refractivity contribution in [1.82, 2.24) is 19.7 Å². The number of amides is 1. The molecule has 2 saturated heterocycles. The van der Waals surface area contributed by atoms with Crippen molar-refractivity contribution in [2.45, 2.75) is 44.6 Å². The zero-order valence-corrected chi connectivity index (χ0v) is 27.8. The maximum atomic E-state index is 13.1. The third-order valence-corrected chi connectivity index (χ3v) is 9.58. The highest BCUT2D eigenvalue weighted by molar-refractivity contribution is 6.03. The number of benzene rings is 3. The Morgan fingerprint density at radius 3 is 2.29 bits per heavy atom. The van der Waals surface area contributed by atoms with E-state index in [9.17, 15) is 4.79 Å². The predicted octanol–water partition coefficient (Wildman–Crippen LogP) is 6.46. The average Bonchev–Trinajstić information content (AvgIpc) is 3.76. The van der Waals surface area contributed by atoms with E-state index in [0.717, 1.165) is 107 Å². The van der Waals surface area contributed by atoms with Crippen LogP contribution in [0.15, 0.2) is 70.1 Å². The Kier molecular flexibility index (Phi) is 10.2. The first kappa shape index (κ1) is 32.2. The van der Waals surface area contributed by atoms with Crippen LogP contribution >= 0.6 is 0 Å². The standard InChI is InChI=1S/C38H45N5O5/c1-45-35-25-31-33(39-27-29-9-8-18-43(29)38(31)44)26-36(35)47-24-7-5-17-42-21-19-41(20-22-42)16-4-6-23-46-30-14-12-28(13-15-30)37-40-32-10-2-3-11-34(32)48-37/h2-3,10-15,25-27,29H,4-9,16-24H2,1H3. The minimum atomic E-state index is 0.0281. The molecule has 2 fully saturated rings. The van der Waals surface area contributed by atoms with E-state index >= 15 is 0 Å². The number of hydrogen-bond acceptors (Lipinski definition) is 9. The van der Waals surface area contributed by atoms with Crippen LogP contribution in [0.3, 0.4) is 0 Å². The monoisotopic (exact) mass is 651 g/mol. The molecule has 3 aliphatic heterocycles. The second-order valence-corrected chi connectivity index (χ2v) is 12.8. The number of aliphatic imine (C=N–C) groups is 1. The number of unbranched alkanes of at least 4 members (excludes halogenated alkanes) is 2. The minimum absolute atomic E-state index is 0.0281. The van der Waals surface area contributed by atoms with Crippen molar-refractivity contribution in [2.24, 2.45) is 4.99 Å². The third kappa shape index (κ3) is 7.50. The predicted molar refractivity (Wildman–Crippen MR) is 187 cm³/mol. The van der Waals surface area contributed by atoms with Gasteiger partial charge in [-0.3, -0.25) is 9.79 Å². The number of piperazine rings is 1. The van der Waals surface area contributed by atoms with Gasteiger partial charge in [0.05, 0.1) is 37.6 Å². The van der Waals surface area contributed by atoms with Crippen molar-refractivity contribution in [3.05, 3.63) is 66.2 Å². The maximum absolute atomic E-state index is 13.1. The van der Waals surface area contributed by atoms with E-state index in [1.54, 1.807) is 13.2 Å². The van der Waals surface area contributed by atoms with Gasteiger partial charge in [0.15, 0.2) is 17.1 Å². The average molecular weight is 652 g/mol. The molecule has 4 heterocycles. The summed E-state index contributed by atoms with van der Waals surface area (Å²) < 4.78 is 23.6. The van der Waals surface area contributed by atoms with Crippen LogP contribution in [0, 0.1) is 0 Å². The molecule has 0 aliphatic carbocycles. The highest BCUT2D eigenvalue weighted by atomic mass is 16.5. The van der Waals surface area contributed by atoms with Gasteiger partial charge in [-0.1, -0.05) is 12.1 Å². The van der Waals surface area contributed by atoms with Crippen molar-refractivity contribution >= 4 is 28.9 Å². The van der Waals surface area contributed by atoms with Crippen LogP contribution in [0.5, 0.6) is 17.2 Å². The molecule has 1 amide bonds. The normalized spacial score (nSPS) is 18.1. The zero-order chi connectivity index (χ0) is 32.7. The summed E-state index contributed by atoms with van der Waals surface area (Å²) in [6, 6.07) is 19.5. The fourth-order valence-corrected chi connectivity index (χ4v) is 6.79. The molecule has 7 rings (SSSR count). The summed E-state index contributed by atoms with van der Waals surface area (Å²) in [5, 5.41) is 0. The number of nitrogens with zero attached hydrogens (tertiary/aromatic N) is 5. The topological polar surface area (TPSA) is 92.9 Å². The Bertz CT molecular complexity index is 1680. The molecule has 0 radical (unpaired) electrons. The van der Waals surface area contributed by atoms with Crippen LogP contribution in [-0.2, 0) is 0 Å². The van der Waals surface area contributed by atoms with Gasteiger partial charge in [0.1, 0.15) is 11.3 Å². The van der Waals surface area contributed by atoms with E-state index in [4.69, 9.17) is 18.6 Å². The summed E-state index contributed by atoms with van der Waals surface area (Å²) in [5.41, 5.74) is 3.87. The Labute approximate surface area is 282 Å². The molecule has 0 saturated carbocycles. The molecular weight excluding hydrogens is 606 g/mol. The molecule has 1 unspecified atom stereocenters. The minimum Gasteiger partial charge on any atom is -0.494 e. The van der Waals surface area contributed by atoms with Crippen molar-refractivity contribution in [3.8, 4) is 28.7 Å². The number of ether oxygens (including phenoxy) is 3. The first-order valence-electron chi connectivity index (χ1n) is 17.4. The Morgan fingerprint density at radius 2 is 1.56 bits per heavy atom. The van der Waals surface area contributed by atoms with Gasteiger partial charge >= 0.3 is 0 Å². The van der Waals surface area contributed by atoms with E-state index in [1.807, 2.05) is 65.7 Å². The van der Waals surface area contributed by atoms with E-state index < -0.39 is 0 Å². The number of fused-ring (bicyclic) bond motifs is 3. The number of hydrogen-bond donors (Lipinski definition) is 0. The number of methoxy groups -OCH3 is 1. The summed E-state index contributed by atoms with van der Waals surface area (Å²) in [5.74, 6) is 2.77. The summed E-state index contributed by atoms with van der Waals surface area (Å²) in [6.07, 6.45) is 8.09. The highest BCUT2D eigenvalue weighted by Gasteiger charge is 2.32. The van der Waals surface area contributed by atoms with Gasteiger partial charge in [-0.05, 0) is 94.1 Å². The SMILES string of the molecule is COc1cc2c(cc1OCCCCN1CCN(CCCCOc3ccc(-c4nc5ccccc5o4)cc3)CC1)N=CC1CCCN1C2=O. The van der Waals surface area contributed by atoms with E-state index in [1.165, 1.54) is 0 Å². The largest absolute Gasteiger partial charge is 0.494 e. The third-order valence-electron chi connectivity index (χ3n) is 9.58. The van der Waals surface area contributed by atoms with E-state index in [0.29, 0.717) is 41.9 Å². The molecule has 0 spiro atoms. The van der Waals surface area contributed by atoms with Gasteiger partial charge in [-0.2, -0.15) is 0 Å². The Morgan fingerprint density at radius 1 is 0.833 bits per heavy atom. The molecule has 48 heavy (non-hydrogen) atoms. The molecule has 3 aromatic carbocycles. The van der Waals surface area contributed by atoms with Crippen molar-refractivity contribution in [3.63, 3.8) is 0 Å². The van der Waals surface area contributed by atoms with Crippen LogP contribution in [0.2, 0.25) is 0 Å². The van der Waals surface area contributed by atoms with Crippen LogP contribution in [0.25, 0.3) is 22.6 Å². The lowest BCUT2D eigenvalue weighted by atomic mass is 10.1. The number of aromatic nitrogens is 1. The summed E-state index contributed by atoms with van der Waals surface area (Å²) >= 11 is 0. The van der Waals surface area contributed by atoms with Gasteiger partial charge in [0, 0.05) is 50.6 Å². The zero-order valence-electron chi connectivity index (χ0n) is 27.8. The van der Waals surface area contributed by atoms with Crippen LogP contribution < -0.4 is 14.2 Å². The van der Waals surface area contributed by atoms with Gasteiger partial charge in [0.2, 0.25) is 5.89 Å². The Hall–Kier alpha value is -4.41. The first-order chi connectivity index (χ1) is 23.6. The van der Waals surface area contributed by atoms with Gasteiger partial charge in [-0.15, -0.1) is 0 Å². The maximum Gasteiger partial charge on any atom is 0.256 e. The number of carbonyl (C=O) groups excluding carboxylic acids is 1. The van der Waals surface area contributed by atoms with Crippen LogP contribution in [0.1, 0.15) is 48.9 Å². The highest BCUT2D eigenvalue weighted by Crippen LogP contribution is 2.38. The first-order valence-corrected chi connectivity index (χ1v) is 17.4. The molecule has 252 valence electrons. The molecule has 3 aliphatic rings. The van der Waals surface area contributed by atoms with E-state index in [2.05, 4.69) is 19.8 Å². The van der Waals surface area contributed by atoms with Gasteiger partial charge in [0.25, 0.3) is 5.91 Å². The quantitative estimate of drug-likeness (QED) is 0.144. The molecule has 4 aromatic rings. The van der Waals surface area contributed by atoms with Gasteiger partial charge in [-0.25, -0.2) is 4.98 Å². The van der Waals surface area contributed by atoms with Crippen molar-refractivity contribution < 1.29 is 23.4 Å². The molecule has 0 bridgehead atoms. The lowest BCUT2D eigenvalue weighted by molar-refractivity contribution is 0.0774. The number of carbonyl (C=O) groups is 1. The summed E-state index contributed by atoms with van der Waals surface area (Å²) in [4.78, 5) is 29.3. The molecule has 1 aromatic heterocycles. The Balaban J connectivity index is 0.760. The van der Waals surface area contributed by atoms with Crippen LogP contribution in [-0.4, -0.2) is 104 Å². The summed E-state index contributed by atoms with van der Waals surface area (Å²) in [7, 11) is 1.62. The van der Waals surface area contributed by atoms with Crippen molar-refractivity contribution in [2.75, 3.05) is 66.1 Å². The molecule has 10 heteroatoms. The van der Waals surface area contributed by atoms with E-state index in [-0.39, 0.29) is 11.9 Å².